The molecule has 2 heterocycles. The summed E-state index contributed by atoms with van der Waals surface area (Å²) in [5, 5.41) is 14.4. The minimum Gasteiger partial charge on any atom is -0.480 e. The van der Waals surface area contributed by atoms with Crippen molar-refractivity contribution in [2.75, 3.05) is 7.11 Å². The summed E-state index contributed by atoms with van der Waals surface area (Å²) in [6.45, 7) is 0.316. The number of ether oxygens (including phenoxy) is 1. The molecule has 0 fully saturated rings. The van der Waals surface area contributed by atoms with E-state index >= 15 is 0 Å². The molecular weight excluding hydrogens is 196 g/mol. The lowest BCUT2D eigenvalue weighted by atomic mass is 10.4. The van der Waals surface area contributed by atoms with Crippen LogP contribution >= 0.6 is 0 Å². The van der Waals surface area contributed by atoms with Crippen molar-refractivity contribution >= 4 is 0 Å². The normalized spacial score (nSPS) is 10.3. The highest BCUT2D eigenvalue weighted by atomic mass is 16.5. The number of hydrogen-bond donors (Lipinski definition) is 2. The second-order valence-electron chi connectivity index (χ2n) is 2.77. The average Bonchev–Trinajstić information content (AvgIpc) is 2.78. The van der Waals surface area contributed by atoms with Gasteiger partial charge in [-0.2, -0.15) is 5.10 Å². The molecule has 0 amide bonds. The van der Waals surface area contributed by atoms with Gasteiger partial charge in [-0.25, -0.2) is 4.98 Å². The molecule has 15 heavy (non-hydrogen) atoms. The van der Waals surface area contributed by atoms with Gasteiger partial charge >= 0.3 is 0 Å². The Labute approximate surface area is 85.7 Å². The SMILES string of the molecule is COc1ccc(-c2n[nH]c(CN)n2)nn1. The molecule has 0 aromatic carbocycles. The Bertz CT molecular complexity index is 437. The number of nitrogens with one attached hydrogen (secondary N) is 1. The lowest BCUT2D eigenvalue weighted by Crippen LogP contribution is -1.98. The zero-order valence-corrected chi connectivity index (χ0v) is 8.14. The number of nitrogens with two attached hydrogens (primary N) is 1. The average molecular weight is 206 g/mol. The number of H-pyrrole nitrogens is 1. The molecule has 3 N–H and O–H groups in total. The number of aromatic nitrogens is 5. The van der Waals surface area contributed by atoms with Crippen LogP contribution in [-0.2, 0) is 6.54 Å². The summed E-state index contributed by atoms with van der Waals surface area (Å²) >= 11 is 0. The van der Waals surface area contributed by atoms with E-state index in [2.05, 4.69) is 25.4 Å². The minimum absolute atomic E-state index is 0.316. The fourth-order valence-corrected chi connectivity index (χ4v) is 1.05. The number of methoxy groups -OCH3 is 1. The zero-order valence-electron chi connectivity index (χ0n) is 8.14. The molecule has 2 aromatic rings. The zero-order chi connectivity index (χ0) is 10.7. The van der Waals surface area contributed by atoms with Crippen LogP contribution in [0.2, 0.25) is 0 Å². The molecule has 78 valence electrons. The van der Waals surface area contributed by atoms with E-state index in [-0.39, 0.29) is 0 Å². The first kappa shape index (κ1) is 9.53. The van der Waals surface area contributed by atoms with E-state index in [4.69, 9.17) is 10.5 Å². The van der Waals surface area contributed by atoms with E-state index in [1.807, 2.05) is 0 Å². The van der Waals surface area contributed by atoms with Crippen molar-refractivity contribution < 1.29 is 4.74 Å². The molecule has 0 spiro atoms. The number of rotatable bonds is 3. The number of nitrogens with zero attached hydrogens (tertiary/aromatic N) is 4. The van der Waals surface area contributed by atoms with Gasteiger partial charge < -0.3 is 10.5 Å². The van der Waals surface area contributed by atoms with Crippen molar-refractivity contribution in [1.29, 1.82) is 0 Å². The Morgan fingerprint density at radius 1 is 1.40 bits per heavy atom. The Hall–Kier alpha value is -2.02. The van der Waals surface area contributed by atoms with Crippen molar-refractivity contribution in [2.24, 2.45) is 5.73 Å². The van der Waals surface area contributed by atoms with Crippen LogP contribution in [0.15, 0.2) is 12.1 Å². The third-order valence-electron chi connectivity index (χ3n) is 1.80. The van der Waals surface area contributed by atoms with Gasteiger partial charge in [0, 0.05) is 6.07 Å². The van der Waals surface area contributed by atoms with Gasteiger partial charge in [-0.3, -0.25) is 5.10 Å². The molecule has 0 saturated heterocycles. The van der Waals surface area contributed by atoms with E-state index in [1.54, 1.807) is 12.1 Å². The monoisotopic (exact) mass is 206 g/mol. The van der Waals surface area contributed by atoms with Gasteiger partial charge in [0.15, 0.2) is 0 Å². The van der Waals surface area contributed by atoms with E-state index in [0.717, 1.165) is 0 Å². The van der Waals surface area contributed by atoms with E-state index in [0.29, 0.717) is 29.8 Å². The number of aromatic amines is 1. The summed E-state index contributed by atoms with van der Waals surface area (Å²) in [6.07, 6.45) is 0. The fourth-order valence-electron chi connectivity index (χ4n) is 1.05. The molecule has 0 atom stereocenters. The maximum absolute atomic E-state index is 5.40. The first-order chi connectivity index (χ1) is 7.33. The number of hydrogen-bond acceptors (Lipinski definition) is 6. The Morgan fingerprint density at radius 2 is 2.27 bits per heavy atom. The summed E-state index contributed by atoms with van der Waals surface area (Å²) in [6, 6.07) is 3.43. The lowest BCUT2D eigenvalue weighted by Gasteiger charge is -1.96. The standard InChI is InChI=1S/C8H10N6O/c1-15-7-3-2-5(11-13-7)8-10-6(4-9)12-14-8/h2-3H,4,9H2,1H3,(H,10,12,14). The van der Waals surface area contributed by atoms with Crippen LogP contribution in [0.4, 0.5) is 0 Å². The van der Waals surface area contributed by atoms with Crippen LogP contribution < -0.4 is 10.5 Å². The Balaban J connectivity index is 2.28. The molecule has 7 heteroatoms. The quantitative estimate of drug-likeness (QED) is 0.716. The van der Waals surface area contributed by atoms with Gasteiger partial charge in [0.2, 0.25) is 11.7 Å². The molecule has 0 aliphatic rings. The smallest absolute Gasteiger partial charge is 0.233 e. The maximum Gasteiger partial charge on any atom is 0.233 e. The van der Waals surface area contributed by atoms with Crippen molar-refractivity contribution in [2.45, 2.75) is 6.54 Å². The van der Waals surface area contributed by atoms with Crippen molar-refractivity contribution in [3.05, 3.63) is 18.0 Å². The van der Waals surface area contributed by atoms with Crippen LogP contribution in [0.3, 0.4) is 0 Å². The Kier molecular flexibility index (Phi) is 2.55. The molecule has 0 saturated carbocycles. The molecule has 2 rings (SSSR count). The summed E-state index contributed by atoms with van der Waals surface area (Å²) in [7, 11) is 1.53. The second kappa shape index (κ2) is 4.01. The highest BCUT2D eigenvalue weighted by Gasteiger charge is 2.06. The molecule has 0 unspecified atom stereocenters. The van der Waals surface area contributed by atoms with Gasteiger partial charge in [-0.15, -0.1) is 10.2 Å². The predicted molar refractivity (Wildman–Crippen MR) is 51.9 cm³/mol. The molecule has 7 nitrogen and oxygen atoms in total. The van der Waals surface area contributed by atoms with Crippen molar-refractivity contribution in [1.82, 2.24) is 25.4 Å². The molecule has 0 aliphatic heterocycles. The van der Waals surface area contributed by atoms with Gasteiger partial charge in [0.1, 0.15) is 11.5 Å². The predicted octanol–water partition coefficient (Wildman–Crippen LogP) is -0.271. The van der Waals surface area contributed by atoms with Gasteiger partial charge in [0.25, 0.3) is 0 Å². The van der Waals surface area contributed by atoms with Crippen LogP contribution in [0.1, 0.15) is 5.82 Å². The largest absolute Gasteiger partial charge is 0.480 e. The minimum atomic E-state index is 0.316. The van der Waals surface area contributed by atoms with Gasteiger partial charge in [0.05, 0.1) is 13.7 Å². The summed E-state index contributed by atoms with van der Waals surface area (Å²) in [4.78, 5) is 4.12. The molecule has 0 aliphatic carbocycles. The van der Waals surface area contributed by atoms with Crippen LogP contribution in [0.25, 0.3) is 11.5 Å². The van der Waals surface area contributed by atoms with Gasteiger partial charge in [-0.1, -0.05) is 0 Å². The maximum atomic E-state index is 5.40. The van der Waals surface area contributed by atoms with Crippen molar-refractivity contribution in [3.8, 4) is 17.4 Å². The van der Waals surface area contributed by atoms with Crippen LogP contribution in [0, 0.1) is 0 Å². The summed E-state index contributed by atoms with van der Waals surface area (Å²) in [5.74, 6) is 1.54. The highest BCUT2D eigenvalue weighted by molar-refractivity contribution is 5.47. The third-order valence-corrected chi connectivity index (χ3v) is 1.80. The van der Waals surface area contributed by atoms with E-state index in [9.17, 15) is 0 Å². The molecule has 0 bridgehead atoms. The third kappa shape index (κ3) is 1.91. The molecule has 2 aromatic heterocycles. The summed E-state index contributed by atoms with van der Waals surface area (Å²) < 4.78 is 4.89. The lowest BCUT2D eigenvalue weighted by molar-refractivity contribution is 0.392. The highest BCUT2D eigenvalue weighted by Crippen LogP contribution is 2.12. The van der Waals surface area contributed by atoms with Crippen LogP contribution in [-0.4, -0.2) is 32.5 Å². The topological polar surface area (TPSA) is 103 Å². The van der Waals surface area contributed by atoms with Crippen molar-refractivity contribution in [3.63, 3.8) is 0 Å². The molecule has 0 radical (unpaired) electrons. The summed E-state index contributed by atoms with van der Waals surface area (Å²) in [5.41, 5.74) is 5.97. The van der Waals surface area contributed by atoms with Crippen LogP contribution in [0.5, 0.6) is 5.88 Å². The van der Waals surface area contributed by atoms with E-state index in [1.165, 1.54) is 7.11 Å². The first-order valence-corrected chi connectivity index (χ1v) is 4.33. The second-order valence-corrected chi connectivity index (χ2v) is 2.77. The van der Waals surface area contributed by atoms with E-state index < -0.39 is 0 Å². The first-order valence-electron chi connectivity index (χ1n) is 4.33. The van der Waals surface area contributed by atoms with Gasteiger partial charge in [-0.05, 0) is 6.07 Å². The fraction of sp³-hybridized carbons (Fsp3) is 0.250. The molecular formula is C8H10N6O. The Morgan fingerprint density at radius 3 is 2.80 bits per heavy atom.